The van der Waals surface area contributed by atoms with Crippen LogP contribution < -0.4 is 5.73 Å². The number of nitrogens with two attached hydrogens (primary N) is 1. The maximum absolute atomic E-state index is 9.03. The van der Waals surface area contributed by atoms with E-state index >= 15 is 0 Å². The summed E-state index contributed by atoms with van der Waals surface area (Å²) in [6.07, 6.45) is 7.54. The van der Waals surface area contributed by atoms with Crippen molar-refractivity contribution in [2.75, 3.05) is 12.3 Å². The number of allylic oxidation sites excluding steroid dienone is 3. The third-order valence-corrected chi connectivity index (χ3v) is 5.77. The summed E-state index contributed by atoms with van der Waals surface area (Å²) >= 11 is 0. The van der Waals surface area contributed by atoms with E-state index in [2.05, 4.69) is 37.8 Å². The minimum Gasteiger partial charge on any atom is -0.398 e. The predicted molar refractivity (Wildman–Crippen MR) is 104 cm³/mol. The molecule has 1 aromatic heterocycles. The van der Waals surface area contributed by atoms with Gasteiger partial charge in [0, 0.05) is 29.2 Å². The van der Waals surface area contributed by atoms with Crippen LogP contribution in [0.1, 0.15) is 54.8 Å². The molecular weight excluding hydrogens is 308 g/mol. The summed E-state index contributed by atoms with van der Waals surface area (Å²) in [5, 5.41) is 10.1. The Bertz CT molecular complexity index is 881. The first-order chi connectivity index (χ1) is 12.1. The average molecular weight is 334 g/mol. The fraction of sp³-hybridized carbons (Fsp3) is 0.409. The summed E-state index contributed by atoms with van der Waals surface area (Å²) in [6.45, 7) is 6.74. The van der Waals surface area contributed by atoms with Gasteiger partial charge in [0.1, 0.15) is 0 Å². The molecule has 2 aliphatic carbocycles. The number of fused-ring (bicyclic) bond motifs is 5. The van der Waals surface area contributed by atoms with Gasteiger partial charge < -0.3 is 10.8 Å². The van der Waals surface area contributed by atoms with Gasteiger partial charge in [0.25, 0.3) is 0 Å². The fourth-order valence-electron chi connectivity index (χ4n) is 4.49. The summed E-state index contributed by atoms with van der Waals surface area (Å²) in [5.74, 6) is 0.822. The van der Waals surface area contributed by atoms with Crippen molar-refractivity contribution < 1.29 is 5.11 Å². The van der Waals surface area contributed by atoms with Crippen LogP contribution in [-0.2, 0) is 0 Å². The number of rotatable bonds is 4. The molecule has 0 radical (unpaired) electrons. The van der Waals surface area contributed by atoms with E-state index in [1.807, 2.05) is 0 Å². The molecule has 1 heterocycles. The Morgan fingerprint density at radius 3 is 2.96 bits per heavy atom. The van der Waals surface area contributed by atoms with Crippen LogP contribution in [0.25, 0.3) is 16.5 Å². The van der Waals surface area contributed by atoms with Crippen LogP contribution in [-0.4, -0.2) is 16.7 Å². The third-order valence-electron chi connectivity index (χ3n) is 5.77. The number of anilines is 1. The highest BCUT2D eigenvalue weighted by molar-refractivity contribution is 5.95. The van der Waals surface area contributed by atoms with Gasteiger partial charge in [-0.05, 0) is 62.1 Å². The second-order valence-electron chi connectivity index (χ2n) is 7.58. The molecule has 25 heavy (non-hydrogen) atoms. The van der Waals surface area contributed by atoms with Gasteiger partial charge in [-0.15, -0.1) is 0 Å². The quantitative estimate of drug-likeness (QED) is 0.627. The molecule has 0 saturated carbocycles. The van der Waals surface area contributed by atoms with E-state index in [1.165, 1.54) is 16.7 Å². The molecule has 130 valence electrons. The number of nitrogen functional groups attached to an aromatic ring is 1. The van der Waals surface area contributed by atoms with Crippen LogP contribution >= 0.6 is 0 Å². The number of aliphatic hydroxyl groups excluding tert-OH is 1. The van der Waals surface area contributed by atoms with Gasteiger partial charge in [-0.2, -0.15) is 0 Å². The smallest absolute Gasteiger partial charge is 0.0732 e. The van der Waals surface area contributed by atoms with E-state index in [4.69, 9.17) is 15.8 Å². The highest BCUT2D eigenvalue weighted by atomic mass is 16.2. The van der Waals surface area contributed by atoms with Gasteiger partial charge in [-0.1, -0.05) is 30.4 Å². The monoisotopic (exact) mass is 334 g/mol. The van der Waals surface area contributed by atoms with Gasteiger partial charge in [-0.25, -0.2) is 4.98 Å². The van der Waals surface area contributed by atoms with Gasteiger partial charge in [0.05, 0.1) is 11.2 Å². The van der Waals surface area contributed by atoms with Crippen molar-refractivity contribution in [3.05, 3.63) is 53.2 Å². The van der Waals surface area contributed by atoms with Crippen molar-refractivity contribution in [3.8, 4) is 0 Å². The Morgan fingerprint density at radius 2 is 2.16 bits per heavy atom. The molecule has 4 rings (SSSR count). The van der Waals surface area contributed by atoms with Crippen LogP contribution in [0.4, 0.5) is 5.69 Å². The first-order valence-corrected chi connectivity index (χ1v) is 9.27. The summed E-state index contributed by atoms with van der Waals surface area (Å²) < 4.78 is 0. The lowest BCUT2D eigenvalue weighted by molar-refractivity contribution is 0.284. The van der Waals surface area contributed by atoms with Crippen LogP contribution in [0.2, 0.25) is 0 Å². The van der Waals surface area contributed by atoms with Crippen molar-refractivity contribution in [2.45, 2.75) is 44.9 Å². The summed E-state index contributed by atoms with van der Waals surface area (Å²) in [4.78, 5) is 4.96. The Morgan fingerprint density at radius 1 is 1.32 bits per heavy atom. The molecule has 0 aliphatic heterocycles. The second kappa shape index (κ2) is 6.30. The largest absolute Gasteiger partial charge is 0.398 e. The molecule has 2 unspecified atom stereocenters. The molecule has 0 saturated heterocycles. The number of nitrogens with zero attached hydrogens (tertiary/aromatic N) is 1. The zero-order valence-electron chi connectivity index (χ0n) is 14.9. The molecule has 3 nitrogen and oxygen atoms in total. The molecule has 0 fully saturated rings. The third kappa shape index (κ3) is 2.77. The van der Waals surface area contributed by atoms with E-state index in [1.54, 1.807) is 0 Å². The zero-order chi connectivity index (χ0) is 17.6. The SMILES string of the molecule is C=C1c2nc3cc(C)ccc3c(N)c2C2CC(CCCCO)=CC1C2. The second-order valence-corrected chi connectivity index (χ2v) is 7.58. The van der Waals surface area contributed by atoms with Crippen LogP contribution in [0.15, 0.2) is 36.4 Å². The van der Waals surface area contributed by atoms with Gasteiger partial charge in [0.15, 0.2) is 0 Å². The van der Waals surface area contributed by atoms with Crippen LogP contribution in [0.3, 0.4) is 0 Å². The Kier molecular flexibility index (Phi) is 4.12. The number of aromatic nitrogens is 1. The molecule has 2 aromatic rings. The first-order valence-electron chi connectivity index (χ1n) is 9.27. The molecule has 2 aliphatic rings. The van der Waals surface area contributed by atoms with Crippen molar-refractivity contribution in [1.82, 2.24) is 4.98 Å². The Labute approximate surface area is 149 Å². The molecule has 1 aromatic carbocycles. The number of aryl methyl sites for hydroxylation is 1. The lowest BCUT2D eigenvalue weighted by Crippen LogP contribution is -2.23. The summed E-state index contributed by atoms with van der Waals surface area (Å²) in [5.41, 5.74) is 14.5. The number of unbranched alkanes of at least 4 members (excludes halogenated alkanes) is 1. The fourth-order valence-corrected chi connectivity index (χ4v) is 4.49. The van der Waals surface area contributed by atoms with Crippen molar-refractivity contribution >= 4 is 22.2 Å². The number of aliphatic hydroxyl groups is 1. The number of hydrogen-bond acceptors (Lipinski definition) is 3. The standard InChI is InChI=1S/C22H26N2O/c1-13-6-7-18-19(9-13)24-22-14(2)16-10-15(5-3-4-8-25)11-17(12-16)20(22)21(18)23/h6-7,9-10,16-17,25H,2-5,8,11-12H2,1H3,(H2,23,24). The maximum Gasteiger partial charge on any atom is 0.0732 e. The summed E-state index contributed by atoms with van der Waals surface area (Å²) in [7, 11) is 0. The van der Waals surface area contributed by atoms with E-state index in [0.29, 0.717) is 11.8 Å². The molecular formula is C22H26N2O. The van der Waals surface area contributed by atoms with Gasteiger partial charge in [-0.3, -0.25) is 0 Å². The van der Waals surface area contributed by atoms with Gasteiger partial charge in [0.2, 0.25) is 0 Å². The Balaban J connectivity index is 1.77. The first kappa shape index (κ1) is 16.3. The average Bonchev–Trinajstić information content (AvgIpc) is 2.59. The lowest BCUT2D eigenvalue weighted by atomic mass is 9.68. The van der Waals surface area contributed by atoms with Crippen molar-refractivity contribution in [2.24, 2.45) is 5.92 Å². The normalized spacial score (nSPS) is 22.0. The summed E-state index contributed by atoms with van der Waals surface area (Å²) in [6, 6.07) is 6.32. The highest BCUT2D eigenvalue weighted by Gasteiger charge is 2.35. The molecule has 3 N–H and O–H groups in total. The number of benzene rings is 1. The number of hydrogen-bond donors (Lipinski definition) is 2. The molecule has 0 amide bonds. The number of pyridine rings is 1. The molecule has 3 heteroatoms. The van der Waals surface area contributed by atoms with Crippen molar-refractivity contribution in [3.63, 3.8) is 0 Å². The Hall–Kier alpha value is -2.13. The lowest BCUT2D eigenvalue weighted by Gasteiger charge is -2.37. The van der Waals surface area contributed by atoms with Crippen molar-refractivity contribution in [1.29, 1.82) is 0 Å². The topological polar surface area (TPSA) is 59.1 Å². The van der Waals surface area contributed by atoms with E-state index in [0.717, 1.165) is 60.0 Å². The van der Waals surface area contributed by atoms with E-state index < -0.39 is 0 Å². The highest BCUT2D eigenvalue weighted by Crippen LogP contribution is 2.51. The van der Waals surface area contributed by atoms with E-state index in [9.17, 15) is 0 Å². The molecule has 2 bridgehead atoms. The van der Waals surface area contributed by atoms with Gasteiger partial charge >= 0.3 is 0 Å². The van der Waals surface area contributed by atoms with Crippen LogP contribution in [0.5, 0.6) is 0 Å². The maximum atomic E-state index is 9.03. The minimum atomic E-state index is 0.276. The predicted octanol–water partition coefficient (Wildman–Crippen LogP) is 4.73. The van der Waals surface area contributed by atoms with E-state index in [-0.39, 0.29) is 6.61 Å². The molecule has 0 spiro atoms. The van der Waals surface area contributed by atoms with Crippen LogP contribution in [0, 0.1) is 12.8 Å². The molecule has 2 atom stereocenters. The zero-order valence-corrected chi connectivity index (χ0v) is 14.9. The minimum absolute atomic E-state index is 0.276.